The van der Waals surface area contributed by atoms with E-state index >= 15 is 0 Å². The maximum absolute atomic E-state index is 10.3. The van der Waals surface area contributed by atoms with E-state index in [9.17, 15) is 5.11 Å². The number of hydrogen-bond acceptors (Lipinski definition) is 3. The molecular weight excluding hydrogens is 320 g/mol. The van der Waals surface area contributed by atoms with Crippen LogP contribution in [0.1, 0.15) is 49.6 Å². The molecule has 2 atom stereocenters. The van der Waals surface area contributed by atoms with Gasteiger partial charge in [0.1, 0.15) is 11.9 Å². The molecule has 0 saturated carbocycles. The Hall–Kier alpha value is -1.33. The standard InChI is InChI=1S/C15H17BrN2O2/c1-9(2)18-8-10(7-17-18)15-6-13(19)12-5-11(16)3-4-14(12)20-15/h3-5,7-9,13,15,19H,6H2,1-2H3/t13-,15?/m1/s1. The molecule has 5 heteroatoms. The molecule has 1 aromatic heterocycles. The number of fused-ring (bicyclic) bond motifs is 1. The molecule has 0 radical (unpaired) electrons. The van der Waals surface area contributed by atoms with Gasteiger partial charge in [-0.25, -0.2) is 0 Å². The molecule has 0 aliphatic carbocycles. The Morgan fingerprint density at radius 1 is 1.45 bits per heavy atom. The van der Waals surface area contributed by atoms with Gasteiger partial charge in [-0.1, -0.05) is 15.9 Å². The zero-order chi connectivity index (χ0) is 14.3. The molecule has 0 spiro atoms. The van der Waals surface area contributed by atoms with Crippen molar-refractivity contribution < 1.29 is 9.84 Å². The molecule has 106 valence electrons. The van der Waals surface area contributed by atoms with Crippen LogP contribution in [0.5, 0.6) is 5.75 Å². The molecular formula is C15H17BrN2O2. The monoisotopic (exact) mass is 336 g/mol. The summed E-state index contributed by atoms with van der Waals surface area (Å²) >= 11 is 3.42. The number of aliphatic hydroxyl groups excluding tert-OH is 1. The Morgan fingerprint density at radius 3 is 2.95 bits per heavy atom. The molecule has 4 nitrogen and oxygen atoms in total. The third kappa shape index (κ3) is 2.47. The fourth-order valence-corrected chi connectivity index (χ4v) is 2.80. The van der Waals surface area contributed by atoms with Gasteiger partial charge in [-0.2, -0.15) is 5.10 Å². The zero-order valence-electron chi connectivity index (χ0n) is 11.5. The van der Waals surface area contributed by atoms with Crippen molar-refractivity contribution in [3.8, 4) is 5.75 Å². The van der Waals surface area contributed by atoms with E-state index in [1.165, 1.54) is 0 Å². The van der Waals surface area contributed by atoms with Gasteiger partial charge in [0.05, 0.1) is 12.3 Å². The number of rotatable bonds is 2. The number of aliphatic hydroxyl groups is 1. The van der Waals surface area contributed by atoms with Crippen LogP contribution in [0.4, 0.5) is 0 Å². The lowest BCUT2D eigenvalue weighted by Gasteiger charge is -2.29. The Morgan fingerprint density at radius 2 is 2.25 bits per heavy atom. The van der Waals surface area contributed by atoms with Crippen molar-refractivity contribution in [2.75, 3.05) is 0 Å². The second kappa shape index (κ2) is 5.22. The van der Waals surface area contributed by atoms with Gasteiger partial charge in [0.25, 0.3) is 0 Å². The Labute approximate surface area is 126 Å². The van der Waals surface area contributed by atoms with Gasteiger partial charge in [0.15, 0.2) is 0 Å². The van der Waals surface area contributed by atoms with Gasteiger partial charge in [0.2, 0.25) is 0 Å². The van der Waals surface area contributed by atoms with Crippen LogP contribution >= 0.6 is 15.9 Å². The summed E-state index contributed by atoms with van der Waals surface area (Å²) in [6.07, 6.45) is 3.70. The molecule has 0 bridgehead atoms. The normalized spacial score (nSPS) is 21.6. The highest BCUT2D eigenvalue weighted by molar-refractivity contribution is 9.10. The summed E-state index contributed by atoms with van der Waals surface area (Å²) in [6.45, 7) is 4.17. The van der Waals surface area contributed by atoms with Crippen molar-refractivity contribution in [1.82, 2.24) is 9.78 Å². The number of nitrogens with zero attached hydrogens (tertiary/aromatic N) is 2. The molecule has 1 N–H and O–H groups in total. The Kier molecular flexibility index (Phi) is 3.56. The molecule has 1 aromatic carbocycles. The van der Waals surface area contributed by atoms with Gasteiger partial charge < -0.3 is 9.84 Å². The topological polar surface area (TPSA) is 47.3 Å². The third-order valence-electron chi connectivity index (χ3n) is 3.56. The first-order valence-electron chi connectivity index (χ1n) is 6.73. The van der Waals surface area contributed by atoms with E-state index in [-0.39, 0.29) is 6.10 Å². The molecule has 1 unspecified atom stereocenters. The molecule has 2 aromatic rings. The SMILES string of the molecule is CC(C)n1cc(C2C[C@@H](O)c3cc(Br)ccc3O2)cn1. The highest BCUT2D eigenvalue weighted by Gasteiger charge is 2.29. The molecule has 2 heterocycles. The molecule has 1 aliphatic heterocycles. The maximum atomic E-state index is 10.3. The van der Waals surface area contributed by atoms with Crippen LogP contribution < -0.4 is 4.74 Å². The summed E-state index contributed by atoms with van der Waals surface area (Å²) < 4.78 is 8.86. The lowest BCUT2D eigenvalue weighted by molar-refractivity contribution is 0.0656. The molecule has 0 amide bonds. The maximum Gasteiger partial charge on any atom is 0.130 e. The number of halogens is 1. The van der Waals surface area contributed by atoms with E-state index in [0.717, 1.165) is 21.3 Å². The molecule has 3 rings (SSSR count). The predicted octanol–water partition coefficient (Wildman–Crippen LogP) is 3.78. The predicted molar refractivity (Wildman–Crippen MR) is 79.7 cm³/mol. The Balaban J connectivity index is 1.88. The molecule has 20 heavy (non-hydrogen) atoms. The van der Waals surface area contributed by atoms with Crippen LogP contribution in [0.15, 0.2) is 35.1 Å². The van der Waals surface area contributed by atoms with Gasteiger partial charge in [0, 0.05) is 34.3 Å². The van der Waals surface area contributed by atoms with Crippen LogP contribution in [0.3, 0.4) is 0 Å². The van der Waals surface area contributed by atoms with E-state index in [0.29, 0.717) is 12.5 Å². The van der Waals surface area contributed by atoms with Gasteiger partial charge in [-0.05, 0) is 32.0 Å². The smallest absolute Gasteiger partial charge is 0.130 e. The number of benzene rings is 1. The minimum atomic E-state index is -0.511. The first kappa shape index (κ1) is 13.6. The van der Waals surface area contributed by atoms with E-state index in [1.807, 2.05) is 35.3 Å². The van der Waals surface area contributed by atoms with Gasteiger partial charge >= 0.3 is 0 Å². The third-order valence-corrected chi connectivity index (χ3v) is 4.05. The fraction of sp³-hybridized carbons (Fsp3) is 0.400. The summed E-state index contributed by atoms with van der Waals surface area (Å²) in [7, 11) is 0. The molecule has 1 aliphatic rings. The van der Waals surface area contributed by atoms with Gasteiger partial charge in [-0.3, -0.25) is 4.68 Å². The largest absolute Gasteiger partial charge is 0.485 e. The summed E-state index contributed by atoms with van der Waals surface area (Å²) in [5, 5.41) is 14.6. The second-order valence-corrected chi connectivity index (χ2v) is 6.30. The first-order chi connectivity index (χ1) is 9.54. The summed E-state index contributed by atoms with van der Waals surface area (Å²) in [5.74, 6) is 0.745. The lowest BCUT2D eigenvalue weighted by Crippen LogP contribution is -2.18. The highest BCUT2D eigenvalue weighted by atomic mass is 79.9. The highest BCUT2D eigenvalue weighted by Crippen LogP contribution is 2.41. The van der Waals surface area contributed by atoms with Crippen molar-refractivity contribution in [3.63, 3.8) is 0 Å². The number of hydrogen-bond donors (Lipinski definition) is 1. The van der Waals surface area contributed by atoms with Crippen molar-refractivity contribution in [3.05, 3.63) is 46.2 Å². The summed E-state index contributed by atoms with van der Waals surface area (Å²) in [6, 6.07) is 6.04. The minimum absolute atomic E-state index is 0.147. The quantitative estimate of drug-likeness (QED) is 0.907. The zero-order valence-corrected chi connectivity index (χ0v) is 13.0. The van der Waals surface area contributed by atoms with Crippen molar-refractivity contribution in [1.29, 1.82) is 0 Å². The lowest BCUT2D eigenvalue weighted by atomic mass is 9.96. The van der Waals surface area contributed by atoms with E-state index in [1.54, 1.807) is 0 Å². The Bertz CT molecular complexity index is 624. The summed E-state index contributed by atoms with van der Waals surface area (Å²) in [5.41, 5.74) is 1.85. The van der Waals surface area contributed by atoms with E-state index < -0.39 is 6.10 Å². The number of ether oxygens (including phenoxy) is 1. The second-order valence-electron chi connectivity index (χ2n) is 5.39. The van der Waals surface area contributed by atoms with E-state index in [2.05, 4.69) is 34.9 Å². The average Bonchev–Trinajstić information content (AvgIpc) is 2.89. The number of aromatic nitrogens is 2. The van der Waals surface area contributed by atoms with Crippen LogP contribution in [-0.2, 0) is 0 Å². The first-order valence-corrected chi connectivity index (χ1v) is 7.52. The van der Waals surface area contributed by atoms with Crippen LogP contribution in [0, 0.1) is 0 Å². The molecule has 0 fully saturated rings. The summed E-state index contributed by atoms with van der Waals surface area (Å²) in [4.78, 5) is 0. The minimum Gasteiger partial charge on any atom is -0.485 e. The molecule has 0 saturated heterocycles. The van der Waals surface area contributed by atoms with Crippen LogP contribution in [-0.4, -0.2) is 14.9 Å². The fourth-order valence-electron chi connectivity index (χ4n) is 2.42. The van der Waals surface area contributed by atoms with Gasteiger partial charge in [-0.15, -0.1) is 0 Å². The van der Waals surface area contributed by atoms with Crippen molar-refractivity contribution >= 4 is 15.9 Å². The van der Waals surface area contributed by atoms with Crippen LogP contribution in [0.2, 0.25) is 0 Å². The van der Waals surface area contributed by atoms with Crippen molar-refractivity contribution in [2.45, 2.75) is 38.5 Å². The van der Waals surface area contributed by atoms with E-state index in [4.69, 9.17) is 4.74 Å². The van der Waals surface area contributed by atoms with Crippen molar-refractivity contribution in [2.24, 2.45) is 0 Å². The average molecular weight is 337 g/mol. The van der Waals surface area contributed by atoms with Crippen LogP contribution in [0.25, 0.3) is 0 Å².